The molecule has 0 bridgehead atoms. The van der Waals surface area contributed by atoms with Gasteiger partial charge < -0.3 is 15.2 Å². The lowest BCUT2D eigenvalue weighted by molar-refractivity contribution is 0.443. The van der Waals surface area contributed by atoms with E-state index in [2.05, 4.69) is 63.3 Å². The zero-order valence-corrected chi connectivity index (χ0v) is 16.4. The largest absolute Gasteiger partial charge is 0.356 e. The summed E-state index contributed by atoms with van der Waals surface area (Å²) in [5.41, 5.74) is 1.27. The van der Waals surface area contributed by atoms with Crippen LogP contribution in [0.2, 0.25) is 0 Å². The second-order valence-corrected chi connectivity index (χ2v) is 6.68. The van der Waals surface area contributed by atoms with Crippen molar-refractivity contribution >= 4 is 5.96 Å². The lowest BCUT2D eigenvalue weighted by Crippen LogP contribution is -2.39. The molecule has 142 valence electrons. The van der Waals surface area contributed by atoms with E-state index in [0.717, 1.165) is 24.9 Å². The van der Waals surface area contributed by atoms with Gasteiger partial charge in [0, 0.05) is 32.5 Å². The van der Waals surface area contributed by atoms with Crippen LogP contribution in [0.25, 0.3) is 0 Å². The van der Waals surface area contributed by atoms with Crippen LogP contribution >= 0.6 is 0 Å². The fourth-order valence-corrected chi connectivity index (χ4v) is 3.00. The van der Waals surface area contributed by atoms with Crippen LogP contribution in [0.5, 0.6) is 0 Å². The minimum atomic E-state index is 0.658. The lowest BCUT2D eigenvalue weighted by Gasteiger charge is -2.18. The summed E-state index contributed by atoms with van der Waals surface area (Å²) in [5, 5.41) is 6.85. The molecular weight excluding hydrogens is 322 g/mol. The van der Waals surface area contributed by atoms with Gasteiger partial charge in [0.15, 0.2) is 5.96 Å². The average molecular weight is 356 g/mol. The third kappa shape index (κ3) is 6.54. The smallest absolute Gasteiger partial charge is 0.191 e. The first-order valence-corrected chi connectivity index (χ1v) is 9.75. The van der Waals surface area contributed by atoms with E-state index in [1.165, 1.54) is 31.2 Å². The molecular formula is C21H33N5. The minimum Gasteiger partial charge on any atom is -0.356 e. The Hall–Kier alpha value is -2.30. The quantitative estimate of drug-likeness (QED) is 0.503. The van der Waals surface area contributed by atoms with Crippen LogP contribution in [-0.4, -0.2) is 29.1 Å². The van der Waals surface area contributed by atoms with E-state index in [9.17, 15) is 0 Å². The maximum Gasteiger partial charge on any atom is 0.191 e. The van der Waals surface area contributed by atoms with E-state index >= 15 is 0 Å². The summed E-state index contributed by atoms with van der Waals surface area (Å²) in [6, 6.07) is 10.5. The van der Waals surface area contributed by atoms with Crippen molar-refractivity contribution in [2.75, 3.05) is 13.6 Å². The molecule has 1 aromatic heterocycles. The van der Waals surface area contributed by atoms with Crippen molar-refractivity contribution < 1.29 is 0 Å². The van der Waals surface area contributed by atoms with Crippen molar-refractivity contribution in [3.8, 4) is 0 Å². The van der Waals surface area contributed by atoms with Crippen LogP contribution in [0.3, 0.4) is 0 Å². The Labute approximate surface area is 158 Å². The third-order valence-electron chi connectivity index (χ3n) is 4.74. The van der Waals surface area contributed by atoms with Crippen LogP contribution in [0.15, 0.2) is 47.7 Å². The van der Waals surface area contributed by atoms with Crippen molar-refractivity contribution in [3.05, 3.63) is 54.1 Å². The predicted molar refractivity (Wildman–Crippen MR) is 109 cm³/mol. The van der Waals surface area contributed by atoms with Crippen molar-refractivity contribution in [3.63, 3.8) is 0 Å². The Bertz CT molecular complexity index is 647. The van der Waals surface area contributed by atoms with Gasteiger partial charge in [-0.15, -0.1) is 0 Å². The molecule has 1 atom stereocenters. The van der Waals surface area contributed by atoms with E-state index in [1.807, 2.05) is 25.5 Å². The SMILES string of the molecule is CCCCC(CC)CNC(=NC)NCc1nccn1Cc1ccccc1. The van der Waals surface area contributed by atoms with Gasteiger partial charge in [-0.05, 0) is 17.9 Å². The molecule has 0 saturated carbocycles. The van der Waals surface area contributed by atoms with Crippen LogP contribution < -0.4 is 10.6 Å². The second kappa shape index (κ2) is 11.3. The molecule has 5 heteroatoms. The van der Waals surface area contributed by atoms with E-state index < -0.39 is 0 Å². The number of guanidine groups is 1. The molecule has 5 nitrogen and oxygen atoms in total. The molecule has 0 spiro atoms. The standard InChI is InChI=1S/C21H33N5/c1-4-6-10-18(5-2)15-24-21(22-3)25-16-20-23-13-14-26(20)17-19-11-8-7-9-12-19/h7-9,11-14,18H,4-6,10,15-17H2,1-3H3,(H2,22,24,25). The molecule has 2 aromatic rings. The Morgan fingerprint density at radius 3 is 2.69 bits per heavy atom. The molecule has 1 unspecified atom stereocenters. The first kappa shape index (κ1) is 20.0. The molecule has 1 heterocycles. The summed E-state index contributed by atoms with van der Waals surface area (Å²) in [6.45, 7) is 6.97. The van der Waals surface area contributed by atoms with E-state index in [4.69, 9.17) is 0 Å². The number of aliphatic imine (C=N–C) groups is 1. The van der Waals surface area contributed by atoms with Gasteiger partial charge in [-0.25, -0.2) is 4.98 Å². The molecule has 0 aliphatic rings. The number of nitrogens with zero attached hydrogens (tertiary/aromatic N) is 3. The zero-order chi connectivity index (χ0) is 18.6. The minimum absolute atomic E-state index is 0.658. The van der Waals surface area contributed by atoms with E-state index in [-0.39, 0.29) is 0 Å². The average Bonchev–Trinajstić information content (AvgIpc) is 3.12. The van der Waals surface area contributed by atoms with Crippen molar-refractivity contribution in [1.29, 1.82) is 0 Å². The summed E-state index contributed by atoms with van der Waals surface area (Å²) >= 11 is 0. The number of nitrogens with one attached hydrogen (secondary N) is 2. The molecule has 2 rings (SSSR count). The van der Waals surface area contributed by atoms with Crippen LogP contribution in [0.4, 0.5) is 0 Å². The zero-order valence-electron chi connectivity index (χ0n) is 16.4. The van der Waals surface area contributed by atoms with Gasteiger partial charge in [-0.2, -0.15) is 0 Å². The van der Waals surface area contributed by atoms with E-state index in [0.29, 0.717) is 12.5 Å². The summed E-state index contributed by atoms with van der Waals surface area (Å²) < 4.78 is 2.17. The number of rotatable bonds is 10. The van der Waals surface area contributed by atoms with Gasteiger partial charge in [0.1, 0.15) is 5.82 Å². The van der Waals surface area contributed by atoms with Gasteiger partial charge in [0.05, 0.1) is 6.54 Å². The monoisotopic (exact) mass is 355 g/mol. The maximum absolute atomic E-state index is 4.49. The number of hydrogen-bond acceptors (Lipinski definition) is 2. The number of imidazole rings is 1. The highest BCUT2D eigenvalue weighted by Gasteiger charge is 2.08. The van der Waals surface area contributed by atoms with Crippen molar-refractivity contribution in [2.24, 2.45) is 10.9 Å². The predicted octanol–water partition coefficient (Wildman–Crippen LogP) is 3.81. The maximum atomic E-state index is 4.49. The highest BCUT2D eigenvalue weighted by molar-refractivity contribution is 5.79. The Morgan fingerprint density at radius 1 is 1.19 bits per heavy atom. The highest BCUT2D eigenvalue weighted by Crippen LogP contribution is 2.11. The van der Waals surface area contributed by atoms with Crippen LogP contribution in [0.1, 0.15) is 50.9 Å². The lowest BCUT2D eigenvalue weighted by atomic mass is 9.99. The van der Waals surface area contributed by atoms with Crippen LogP contribution in [0, 0.1) is 5.92 Å². The van der Waals surface area contributed by atoms with Gasteiger partial charge in [-0.3, -0.25) is 4.99 Å². The summed E-state index contributed by atoms with van der Waals surface area (Å²) in [6.07, 6.45) is 8.91. The summed E-state index contributed by atoms with van der Waals surface area (Å²) in [5.74, 6) is 2.55. The number of hydrogen-bond donors (Lipinski definition) is 2. The second-order valence-electron chi connectivity index (χ2n) is 6.68. The Kier molecular flexibility index (Phi) is 8.73. The highest BCUT2D eigenvalue weighted by atomic mass is 15.2. The first-order chi connectivity index (χ1) is 12.8. The third-order valence-corrected chi connectivity index (χ3v) is 4.74. The molecule has 0 aliphatic carbocycles. The number of benzene rings is 1. The first-order valence-electron chi connectivity index (χ1n) is 9.75. The fourth-order valence-electron chi connectivity index (χ4n) is 3.00. The molecule has 1 aromatic carbocycles. The molecule has 0 aliphatic heterocycles. The Balaban J connectivity index is 1.84. The van der Waals surface area contributed by atoms with Gasteiger partial charge in [0.25, 0.3) is 0 Å². The van der Waals surface area contributed by atoms with E-state index in [1.54, 1.807) is 0 Å². The molecule has 0 amide bonds. The molecule has 26 heavy (non-hydrogen) atoms. The van der Waals surface area contributed by atoms with Gasteiger partial charge >= 0.3 is 0 Å². The van der Waals surface area contributed by atoms with Crippen LogP contribution in [-0.2, 0) is 13.1 Å². The molecule has 0 saturated heterocycles. The molecule has 0 fully saturated rings. The Morgan fingerprint density at radius 2 is 2.00 bits per heavy atom. The molecule has 0 radical (unpaired) electrons. The summed E-state index contributed by atoms with van der Waals surface area (Å²) in [7, 11) is 1.82. The number of unbranched alkanes of at least 4 members (excludes halogenated alkanes) is 1. The number of aromatic nitrogens is 2. The fraction of sp³-hybridized carbons (Fsp3) is 0.524. The van der Waals surface area contributed by atoms with Crippen molar-refractivity contribution in [2.45, 2.75) is 52.6 Å². The normalized spacial score (nSPS) is 12.8. The molecule has 2 N–H and O–H groups in total. The van der Waals surface area contributed by atoms with Crippen molar-refractivity contribution in [1.82, 2.24) is 20.2 Å². The van der Waals surface area contributed by atoms with Gasteiger partial charge in [-0.1, -0.05) is 63.4 Å². The topological polar surface area (TPSA) is 54.2 Å². The summed E-state index contributed by atoms with van der Waals surface area (Å²) in [4.78, 5) is 8.83. The van der Waals surface area contributed by atoms with Gasteiger partial charge in [0.2, 0.25) is 0 Å².